The number of nitrogens with two attached hydrogens (primary N) is 1. The van der Waals surface area contributed by atoms with Gasteiger partial charge in [0.2, 0.25) is 0 Å². The first-order chi connectivity index (χ1) is 8.81. The number of nitrogens with one attached hydrogen (secondary N) is 1. The van der Waals surface area contributed by atoms with Gasteiger partial charge in [-0.2, -0.15) is 0 Å². The second-order valence-electron chi connectivity index (χ2n) is 4.70. The second-order valence-corrected chi connectivity index (χ2v) is 6.41. The van der Waals surface area contributed by atoms with Gasteiger partial charge in [-0.15, -0.1) is 0 Å². The van der Waals surface area contributed by atoms with Crippen molar-refractivity contribution in [2.24, 2.45) is 5.92 Å². The molecule has 19 heavy (non-hydrogen) atoms. The SMILES string of the molecule is CC(C)C(C)NC(=O)COc1c(Br)cc(N)cc1Br. The third-order valence-corrected chi connectivity index (χ3v) is 3.93. The normalized spacial score (nSPS) is 12.3. The van der Waals surface area contributed by atoms with Crippen LogP contribution in [0.3, 0.4) is 0 Å². The van der Waals surface area contributed by atoms with Crippen LogP contribution >= 0.6 is 31.9 Å². The summed E-state index contributed by atoms with van der Waals surface area (Å²) in [6.45, 7) is 6.05. The minimum absolute atomic E-state index is 0.0296. The van der Waals surface area contributed by atoms with Crippen LogP contribution in [0.25, 0.3) is 0 Å². The van der Waals surface area contributed by atoms with Crippen molar-refractivity contribution in [1.82, 2.24) is 5.32 Å². The van der Waals surface area contributed by atoms with Crippen molar-refractivity contribution in [3.05, 3.63) is 21.1 Å². The summed E-state index contributed by atoms with van der Waals surface area (Å²) in [5.74, 6) is 0.817. The van der Waals surface area contributed by atoms with Crippen molar-refractivity contribution in [2.75, 3.05) is 12.3 Å². The Morgan fingerprint density at radius 2 is 1.84 bits per heavy atom. The Morgan fingerprint density at radius 1 is 1.32 bits per heavy atom. The van der Waals surface area contributed by atoms with Gasteiger partial charge in [-0.1, -0.05) is 13.8 Å². The minimum Gasteiger partial charge on any atom is -0.481 e. The van der Waals surface area contributed by atoms with Gasteiger partial charge >= 0.3 is 0 Å². The third-order valence-electron chi connectivity index (χ3n) is 2.76. The van der Waals surface area contributed by atoms with Gasteiger partial charge < -0.3 is 15.8 Å². The number of hydrogen-bond acceptors (Lipinski definition) is 3. The molecule has 0 spiro atoms. The predicted molar refractivity (Wildman–Crippen MR) is 84.2 cm³/mol. The Morgan fingerprint density at radius 3 is 2.32 bits per heavy atom. The molecule has 1 amide bonds. The number of carbonyl (C=O) groups is 1. The molecule has 3 N–H and O–H groups in total. The molecule has 0 aliphatic carbocycles. The number of amides is 1. The predicted octanol–water partition coefficient (Wildman–Crippen LogP) is 3.33. The summed E-state index contributed by atoms with van der Waals surface area (Å²) in [6, 6.07) is 3.58. The van der Waals surface area contributed by atoms with Gasteiger partial charge in [0, 0.05) is 11.7 Å². The molecule has 0 saturated carbocycles. The van der Waals surface area contributed by atoms with Crippen LogP contribution in [-0.2, 0) is 4.79 Å². The summed E-state index contributed by atoms with van der Waals surface area (Å²) in [7, 11) is 0. The van der Waals surface area contributed by atoms with E-state index in [2.05, 4.69) is 51.0 Å². The lowest BCUT2D eigenvalue weighted by molar-refractivity contribution is -0.124. The van der Waals surface area contributed by atoms with Gasteiger partial charge in [0.1, 0.15) is 5.75 Å². The van der Waals surface area contributed by atoms with Crippen molar-refractivity contribution >= 4 is 43.5 Å². The van der Waals surface area contributed by atoms with E-state index in [9.17, 15) is 4.79 Å². The molecular formula is C13H18Br2N2O2. The maximum Gasteiger partial charge on any atom is 0.258 e. The Labute approximate surface area is 130 Å². The van der Waals surface area contributed by atoms with E-state index >= 15 is 0 Å². The van der Waals surface area contributed by atoms with Crippen LogP contribution in [0, 0.1) is 5.92 Å². The third kappa shape index (κ3) is 5.03. The van der Waals surface area contributed by atoms with Crippen LogP contribution in [0.5, 0.6) is 5.75 Å². The summed E-state index contributed by atoms with van der Waals surface area (Å²) in [4.78, 5) is 11.7. The smallest absolute Gasteiger partial charge is 0.258 e. The maximum atomic E-state index is 11.7. The summed E-state index contributed by atoms with van der Waals surface area (Å²) >= 11 is 6.71. The molecule has 1 atom stereocenters. The molecule has 106 valence electrons. The largest absolute Gasteiger partial charge is 0.481 e. The molecule has 6 heteroatoms. The van der Waals surface area contributed by atoms with Gasteiger partial charge in [0.15, 0.2) is 6.61 Å². The van der Waals surface area contributed by atoms with Crippen molar-refractivity contribution in [2.45, 2.75) is 26.8 Å². The Kier molecular flexibility index (Phi) is 6.13. The number of benzene rings is 1. The molecule has 0 saturated heterocycles. The van der Waals surface area contributed by atoms with Crippen LogP contribution in [0.2, 0.25) is 0 Å². The molecule has 0 heterocycles. The van der Waals surface area contributed by atoms with Crippen molar-refractivity contribution in [1.29, 1.82) is 0 Å². The van der Waals surface area contributed by atoms with Crippen LogP contribution in [0.1, 0.15) is 20.8 Å². The first kappa shape index (κ1) is 16.3. The van der Waals surface area contributed by atoms with Gasteiger partial charge in [-0.3, -0.25) is 4.79 Å². The molecular weight excluding hydrogens is 376 g/mol. The highest BCUT2D eigenvalue weighted by Crippen LogP contribution is 2.35. The van der Waals surface area contributed by atoms with E-state index in [0.29, 0.717) is 26.3 Å². The van der Waals surface area contributed by atoms with E-state index in [0.717, 1.165) is 0 Å². The molecule has 4 nitrogen and oxygen atoms in total. The van der Waals surface area contributed by atoms with Crippen molar-refractivity contribution in [3.8, 4) is 5.75 Å². The number of halogens is 2. The number of anilines is 1. The quantitative estimate of drug-likeness (QED) is 0.754. The molecule has 0 bridgehead atoms. The Bertz CT molecular complexity index is 441. The summed E-state index contributed by atoms with van der Waals surface area (Å²) in [6.07, 6.45) is 0. The molecule has 1 rings (SSSR count). The molecule has 1 unspecified atom stereocenters. The zero-order chi connectivity index (χ0) is 14.6. The zero-order valence-corrected chi connectivity index (χ0v) is 14.3. The fourth-order valence-corrected chi connectivity index (χ4v) is 2.77. The standard InChI is InChI=1S/C13H18Br2N2O2/c1-7(2)8(3)17-12(18)6-19-13-10(14)4-9(16)5-11(13)15/h4-5,7-8H,6,16H2,1-3H3,(H,17,18). The number of ether oxygens (including phenoxy) is 1. The first-order valence-corrected chi connectivity index (χ1v) is 7.56. The fraction of sp³-hybridized carbons (Fsp3) is 0.462. The molecule has 1 aromatic carbocycles. The first-order valence-electron chi connectivity index (χ1n) is 5.98. The van der Waals surface area contributed by atoms with Crippen LogP contribution in [-0.4, -0.2) is 18.6 Å². The number of rotatable bonds is 5. The van der Waals surface area contributed by atoms with E-state index in [4.69, 9.17) is 10.5 Å². The highest BCUT2D eigenvalue weighted by atomic mass is 79.9. The van der Waals surface area contributed by atoms with Gasteiger partial charge in [0.05, 0.1) is 8.95 Å². The Hall–Kier alpha value is -0.750. The second kappa shape index (κ2) is 7.14. The highest BCUT2D eigenvalue weighted by Gasteiger charge is 2.13. The fourth-order valence-electron chi connectivity index (χ4n) is 1.32. The van der Waals surface area contributed by atoms with Crippen molar-refractivity contribution in [3.63, 3.8) is 0 Å². The highest BCUT2D eigenvalue weighted by molar-refractivity contribution is 9.11. The average Bonchev–Trinajstić information content (AvgIpc) is 2.27. The average molecular weight is 394 g/mol. The van der Waals surface area contributed by atoms with Gasteiger partial charge in [-0.05, 0) is 56.8 Å². The maximum absolute atomic E-state index is 11.7. The topological polar surface area (TPSA) is 64.3 Å². The monoisotopic (exact) mass is 392 g/mol. The van der Waals surface area contributed by atoms with Crippen molar-refractivity contribution < 1.29 is 9.53 Å². The summed E-state index contributed by atoms with van der Waals surface area (Å²) in [5.41, 5.74) is 6.30. The molecule has 0 aliphatic rings. The van der Waals surface area contributed by atoms with E-state index in [1.807, 2.05) is 6.92 Å². The van der Waals surface area contributed by atoms with E-state index < -0.39 is 0 Å². The summed E-state index contributed by atoms with van der Waals surface area (Å²) in [5, 5.41) is 2.88. The van der Waals surface area contributed by atoms with Crippen LogP contribution < -0.4 is 15.8 Å². The molecule has 0 radical (unpaired) electrons. The van der Waals surface area contributed by atoms with Gasteiger partial charge in [-0.25, -0.2) is 0 Å². The van der Waals surface area contributed by atoms with E-state index in [1.165, 1.54) is 0 Å². The molecule has 1 aromatic rings. The van der Waals surface area contributed by atoms with E-state index in [1.54, 1.807) is 12.1 Å². The zero-order valence-electron chi connectivity index (χ0n) is 11.2. The molecule has 0 fully saturated rings. The van der Waals surface area contributed by atoms with E-state index in [-0.39, 0.29) is 18.6 Å². The lowest BCUT2D eigenvalue weighted by atomic mass is 10.1. The molecule has 0 aliphatic heterocycles. The van der Waals surface area contributed by atoms with Gasteiger partial charge in [0.25, 0.3) is 5.91 Å². The minimum atomic E-state index is -0.142. The molecule has 0 aromatic heterocycles. The number of hydrogen-bond donors (Lipinski definition) is 2. The summed E-state index contributed by atoms with van der Waals surface area (Å²) < 4.78 is 6.93. The number of carbonyl (C=O) groups excluding carboxylic acids is 1. The van der Waals surface area contributed by atoms with Crippen LogP contribution in [0.15, 0.2) is 21.1 Å². The number of nitrogen functional groups attached to an aromatic ring is 1. The lowest BCUT2D eigenvalue weighted by Crippen LogP contribution is -2.39. The Balaban J connectivity index is 2.60. The van der Waals surface area contributed by atoms with Crippen LogP contribution in [0.4, 0.5) is 5.69 Å². The lowest BCUT2D eigenvalue weighted by Gasteiger charge is -2.18.